The average Bonchev–Trinajstić information content (AvgIpc) is 2.41. The van der Waals surface area contributed by atoms with Crippen LogP contribution in [0.25, 0.3) is 21.9 Å². The van der Waals surface area contributed by atoms with Crippen molar-refractivity contribution in [2.45, 2.75) is 20.8 Å². The summed E-state index contributed by atoms with van der Waals surface area (Å²) in [7, 11) is 1.86. The zero-order valence-corrected chi connectivity index (χ0v) is 11.9. The Bertz CT molecular complexity index is 926. The van der Waals surface area contributed by atoms with E-state index in [9.17, 15) is 9.18 Å². The molecule has 3 rings (SSSR count). The van der Waals surface area contributed by atoms with E-state index < -0.39 is 0 Å². The van der Waals surface area contributed by atoms with E-state index in [1.54, 1.807) is 26.1 Å². The molecule has 0 amide bonds. The molecule has 3 aromatic rings. The van der Waals surface area contributed by atoms with Crippen LogP contribution in [0, 0.1) is 26.6 Å². The van der Waals surface area contributed by atoms with E-state index in [1.807, 2.05) is 18.5 Å². The number of rotatable bonds is 0. The molecule has 0 fully saturated rings. The van der Waals surface area contributed by atoms with Crippen LogP contribution < -0.4 is 5.43 Å². The van der Waals surface area contributed by atoms with Crippen molar-refractivity contribution >= 4 is 21.9 Å². The molecule has 3 nitrogen and oxygen atoms in total. The fourth-order valence-electron chi connectivity index (χ4n) is 2.59. The molecule has 0 atom stereocenters. The van der Waals surface area contributed by atoms with Gasteiger partial charge in [-0.05, 0) is 44.0 Å². The summed E-state index contributed by atoms with van der Waals surface area (Å²) in [4.78, 5) is 16.8. The van der Waals surface area contributed by atoms with Crippen LogP contribution in [-0.4, -0.2) is 9.55 Å². The third-order valence-corrected chi connectivity index (χ3v) is 3.91. The van der Waals surface area contributed by atoms with Gasteiger partial charge in [0.2, 0.25) is 0 Å². The number of pyridine rings is 2. The number of fused-ring (bicyclic) bond motifs is 2. The lowest BCUT2D eigenvalue weighted by Gasteiger charge is -2.11. The smallest absolute Gasteiger partial charge is 0.193 e. The molecule has 0 aliphatic rings. The summed E-state index contributed by atoms with van der Waals surface area (Å²) in [6, 6.07) is 3.19. The summed E-state index contributed by atoms with van der Waals surface area (Å²) in [6.45, 7) is 5.36. The molecule has 0 saturated heterocycles. The van der Waals surface area contributed by atoms with E-state index in [0.29, 0.717) is 27.5 Å². The van der Waals surface area contributed by atoms with E-state index >= 15 is 0 Å². The van der Waals surface area contributed by atoms with Gasteiger partial charge in [0.05, 0.1) is 10.9 Å². The first kappa shape index (κ1) is 12.8. The Labute approximate surface area is 115 Å². The minimum absolute atomic E-state index is 0.0499. The molecule has 0 N–H and O–H groups in total. The van der Waals surface area contributed by atoms with E-state index in [0.717, 1.165) is 11.1 Å². The standard InChI is InChI=1S/C16H15FN2O/c1-8-7-19(4)16-12(15(8)20)5-11-6-13(17)9(2)10(3)14(11)18-16/h5-7H,1-4H3. The third-order valence-electron chi connectivity index (χ3n) is 3.91. The van der Waals surface area contributed by atoms with Crippen LogP contribution in [0.5, 0.6) is 0 Å². The first-order valence-electron chi connectivity index (χ1n) is 6.46. The second-order valence-electron chi connectivity index (χ2n) is 5.29. The molecule has 4 heteroatoms. The Morgan fingerprint density at radius 3 is 2.55 bits per heavy atom. The largest absolute Gasteiger partial charge is 0.335 e. The molecule has 2 heterocycles. The van der Waals surface area contributed by atoms with Gasteiger partial charge in [0, 0.05) is 24.2 Å². The molecule has 0 aliphatic carbocycles. The van der Waals surface area contributed by atoms with Crippen LogP contribution in [-0.2, 0) is 7.05 Å². The summed E-state index contributed by atoms with van der Waals surface area (Å²) in [6.07, 6.45) is 1.77. The summed E-state index contributed by atoms with van der Waals surface area (Å²) < 4.78 is 15.7. The van der Waals surface area contributed by atoms with E-state index in [-0.39, 0.29) is 11.2 Å². The molecule has 0 unspecified atom stereocenters. The molecular weight excluding hydrogens is 255 g/mol. The molecule has 102 valence electrons. The van der Waals surface area contributed by atoms with Crippen LogP contribution in [0.4, 0.5) is 4.39 Å². The average molecular weight is 270 g/mol. The molecule has 0 saturated carbocycles. The van der Waals surface area contributed by atoms with Crippen molar-refractivity contribution in [2.75, 3.05) is 0 Å². The summed E-state index contributed by atoms with van der Waals surface area (Å²) in [5, 5.41) is 1.20. The van der Waals surface area contributed by atoms with Gasteiger partial charge in [0.15, 0.2) is 5.43 Å². The van der Waals surface area contributed by atoms with Crippen LogP contribution in [0.2, 0.25) is 0 Å². The van der Waals surface area contributed by atoms with Crippen molar-refractivity contribution in [1.29, 1.82) is 0 Å². The van der Waals surface area contributed by atoms with Crippen LogP contribution in [0.1, 0.15) is 16.7 Å². The van der Waals surface area contributed by atoms with Gasteiger partial charge in [-0.1, -0.05) is 0 Å². The summed E-state index contributed by atoms with van der Waals surface area (Å²) >= 11 is 0. The zero-order chi connectivity index (χ0) is 14.6. The third kappa shape index (κ3) is 1.64. The van der Waals surface area contributed by atoms with E-state index in [1.165, 1.54) is 6.07 Å². The molecule has 1 aromatic carbocycles. The fourth-order valence-corrected chi connectivity index (χ4v) is 2.59. The minimum atomic E-state index is -0.263. The highest BCUT2D eigenvalue weighted by molar-refractivity contribution is 5.93. The number of hydrogen-bond donors (Lipinski definition) is 0. The first-order valence-corrected chi connectivity index (χ1v) is 6.46. The second-order valence-corrected chi connectivity index (χ2v) is 5.29. The number of benzene rings is 1. The highest BCUT2D eigenvalue weighted by Gasteiger charge is 2.12. The number of nitrogens with zero attached hydrogens (tertiary/aromatic N) is 2. The number of halogens is 1. The quantitative estimate of drug-likeness (QED) is 0.588. The lowest BCUT2D eigenvalue weighted by atomic mass is 10.0. The molecule has 0 spiro atoms. The number of aryl methyl sites for hydroxylation is 3. The molecule has 2 aromatic heterocycles. The van der Waals surface area contributed by atoms with Crippen LogP contribution >= 0.6 is 0 Å². The summed E-state index contributed by atoms with van der Waals surface area (Å²) in [5.74, 6) is -0.263. The monoisotopic (exact) mass is 270 g/mol. The topological polar surface area (TPSA) is 34.9 Å². The lowest BCUT2D eigenvalue weighted by Crippen LogP contribution is -2.11. The van der Waals surface area contributed by atoms with Crippen molar-refractivity contribution in [3.05, 3.63) is 51.1 Å². The van der Waals surface area contributed by atoms with Gasteiger partial charge in [-0.3, -0.25) is 4.79 Å². The predicted molar refractivity (Wildman–Crippen MR) is 78.7 cm³/mol. The van der Waals surface area contributed by atoms with Crippen molar-refractivity contribution in [3.63, 3.8) is 0 Å². The van der Waals surface area contributed by atoms with E-state index in [4.69, 9.17) is 0 Å². The van der Waals surface area contributed by atoms with Crippen molar-refractivity contribution in [1.82, 2.24) is 9.55 Å². The Hall–Kier alpha value is -2.23. The van der Waals surface area contributed by atoms with Crippen molar-refractivity contribution in [2.24, 2.45) is 7.05 Å². The maximum Gasteiger partial charge on any atom is 0.193 e. The Kier molecular flexibility index (Phi) is 2.64. The van der Waals surface area contributed by atoms with Crippen molar-refractivity contribution in [3.8, 4) is 0 Å². The predicted octanol–water partition coefficient (Wildman–Crippen LogP) is 3.15. The molecule has 20 heavy (non-hydrogen) atoms. The molecular formula is C16H15FN2O. The van der Waals surface area contributed by atoms with Gasteiger partial charge in [0.25, 0.3) is 0 Å². The maximum absolute atomic E-state index is 13.9. The number of aromatic nitrogens is 2. The van der Waals surface area contributed by atoms with Crippen LogP contribution in [0.3, 0.4) is 0 Å². The van der Waals surface area contributed by atoms with Gasteiger partial charge in [-0.2, -0.15) is 0 Å². The Morgan fingerprint density at radius 2 is 1.85 bits per heavy atom. The van der Waals surface area contributed by atoms with Gasteiger partial charge in [0.1, 0.15) is 11.5 Å². The second kappa shape index (κ2) is 4.13. The zero-order valence-electron chi connectivity index (χ0n) is 11.9. The lowest BCUT2D eigenvalue weighted by molar-refractivity contribution is 0.619. The molecule has 0 bridgehead atoms. The van der Waals surface area contributed by atoms with Gasteiger partial charge >= 0.3 is 0 Å². The Balaban J connectivity index is 2.60. The van der Waals surface area contributed by atoms with Crippen molar-refractivity contribution < 1.29 is 4.39 Å². The van der Waals surface area contributed by atoms with E-state index in [2.05, 4.69) is 4.98 Å². The summed E-state index contributed by atoms with van der Waals surface area (Å²) in [5.41, 5.74) is 3.39. The first-order chi connectivity index (χ1) is 9.40. The van der Waals surface area contributed by atoms with Gasteiger partial charge in [-0.15, -0.1) is 0 Å². The minimum Gasteiger partial charge on any atom is -0.335 e. The maximum atomic E-state index is 13.9. The molecule has 0 radical (unpaired) electrons. The normalized spacial score (nSPS) is 11.4. The SMILES string of the molecule is Cc1c(F)cc2cc3c(=O)c(C)cn(C)c3nc2c1C. The fraction of sp³-hybridized carbons (Fsp3) is 0.250. The van der Waals surface area contributed by atoms with Crippen LogP contribution in [0.15, 0.2) is 23.1 Å². The van der Waals surface area contributed by atoms with Gasteiger partial charge < -0.3 is 4.57 Å². The van der Waals surface area contributed by atoms with Gasteiger partial charge in [-0.25, -0.2) is 9.37 Å². The Morgan fingerprint density at radius 1 is 1.15 bits per heavy atom. The highest BCUT2D eigenvalue weighted by atomic mass is 19.1. The molecule has 0 aliphatic heterocycles. The highest BCUT2D eigenvalue weighted by Crippen LogP contribution is 2.25. The number of hydrogen-bond acceptors (Lipinski definition) is 2.